The Morgan fingerprint density at radius 3 is 2.75 bits per heavy atom. The molecule has 0 aliphatic carbocycles. The van der Waals surface area contributed by atoms with E-state index in [0.717, 1.165) is 11.3 Å². The molecule has 2 amide bonds. The summed E-state index contributed by atoms with van der Waals surface area (Å²) in [6, 6.07) is -0.816. The van der Waals surface area contributed by atoms with Crippen molar-refractivity contribution < 1.29 is 33.5 Å². The molecular formula is C18H21N5O7S2. The van der Waals surface area contributed by atoms with Crippen LogP contribution in [0, 0.1) is 0 Å². The molecule has 1 fully saturated rings. The fourth-order valence-corrected chi connectivity index (χ4v) is 4.69. The second-order valence-electron chi connectivity index (χ2n) is 6.60. The number of fused-ring (bicyclic) bond motifs is 1. The van der Waals surface area contributed by atoms with Gasteiger partial charge in [-0.3, -0.25) is 14.4 Å². The molecular weight excluding hydrogens is 462 g/mol. The zero-order chi connectivity index (χ0) is 23.4. The van der Waals surface area contributed by atoms with Crippen LogP contribution in [0.5, 0.6) is 0 Å². The van der Waals surface area contributed by atoms with Crippen molar-refractivity contribution in [2.24, 2.45) is 5.16 Å². The third kappa shape index (κ3) is 5.02. The Balaban J connectivity index is 1.64. The molecule has 32 heavy (non-hydrogen) atoms. The van der Waals surface area contributed by atoms with Gasteiger partial charge in [0.25, 0.3) is 11.8 Å². The van der Waals surface area contributed by atoms with Gasteiger partial charge >= 0.3 is 11.9 Å². The lowest BCUT2D eigenvalue weighted by atomic mass is 10.1. The highest BCUT2D eigenvalue weighted by Crippen LogP contribution is 2.36. The number of amides is 2. The second-order valence-corrected chi connectivity index (χ2v) is 8.59. The molecule has 12 nitrogen and oxygen atoms in total. The largest absolute Gasteiger partial charge is 0.425 e. The number of nitrogens with two attached hydrogens (primary N) is 1. The number of aromatic nitrogens is 1. The van der Waals surface area contributed by atoms with Gasteiger partial charge in [0.2, 0.25) is 6.29 Å². The molecule has 0 aromatic carbocycles. The van der Waals surface area contributed by atoms with Gasteiger partial charge in [-0.2, -0.15) is 0 Å². The van der Waals surface area contributed by atoms with E-state index in [1.807, 2.05) is 0 Å². The number of carbonyl (C=O) groups is 4. The van der Waals surface area contributed by atoms with Crippen molar-refractivity contribution in [1.82, 2.24) is 15.2 Å². The Hall–Kier alpha value is -3.13. The zero-order valence-corrected chi connectivity index (χ0v) is 19.0. The Labute approximate surface area is 191 Å². The van der Waals surface area contributed by atoms with Gasteiger partial charge in [0, 0.05) is 30.7 Å². The standard InChI is InChI=1S/C18H21N5O7S2/c1-4-11(29-8(2)24)30-17(27)9-5-23-15(26)13(16(23)31-6-9)21-14(25)12(22-28-3)10-7-32-18(19)20-10/h5,7,11,13,16H,4,6H2,1-3H3,(H2,19,20)(H,21,25)/t11?,13?,16-/m1/s1. The molecule has 0 spiro atoms. The first-order valence-electron chi connectivity index (χ1n) is 9.41. The number of thioether (sulfide) groups is 1. The van der Waals surface area contributed by atoms with Crippen LogP contribution < -0.4 is 11.1 Å². The van der Waals surface area contributed by atoms with Gasteiger partial charge in [0.15, 0.2) is 10.8 Å². The number of anilines is 1. The summed E-state index contributed by atoms with van der Waals surface area (Å²) >= 11 is 2.42. The van der Waals surface area contributed by atoms with Gasteiger partial charge in [0.1, 0.15) is 24.2 Å². The van der Waals surface area contributed by atoms with E-state index in [9.17, 15) is 19.2 Å². The van der Waals surface area contributed by atoms with Crippen LogP contribution in [0.2, 0.25) is 0 Å². The Morgan fingerprint density at radius 2 is 2.16 bits per heavy atom. The zero-order valence-electron chi connectivity index (χ0n) is 17.4. The molecule has 2 unspecified atom stereocenters. The van der Waals surface area contributed by atoms with E-state index >= 15 is 0 Å². The fourth-order valence-electron chi connectivity index (χ4n) is 2.90. The fraction of sp³-hybridized carbons (Fsp3) is 0.444. The maximum Gasteiger partial charge on any atom is 0.339 e. The summed E-state index contributed by atoms with van der Waals surface area (Å²) in [6.45, 7) is 2.92. The van der Waals surface area contributed by atoms with E-state index < -0.39 is 41.5 Å². The molecule has 0 bridgehead atoms. The first-order valence-corrected chi connectivity index (χ1v) is 11.3. The van der Waals surface area contributed by atoms with Gasteiger partial charge in [-0.25, -0.2) is 9.78 Å². The maximum absolute atomic E-state index is 12.7. The maximum atomic E-state index is 12.7. The molecule has 3 atom stereocenters. The van der Waals surface area contributed by atoms with E-state index in [1.165, 1.54) is 36.9 Å². The molecule has 1 aromatic heterocycles. The van der Waals surface area contributed by atoms with Crippen LogP contribution in [0.25, 0.3) is 0 Å². The molecule has 172 valence electrons. The number of rotatable bonds is 8. The van der Waals surface area contributed by atoms with Crippen LogP contribution in [-0.2, 0) is 33.5 Å². The summed E-state index contributed by atoms with van der Waals surface area (Å²) in [5, 5.41) is 7.73. The highest BCUT2D eigenvalue weighted by atomic mass is 32.2. The van der Waals surface area contributed by atoms with Gasteiger partial charge in [-0.1, -0.05) is 12.1 Å². The number of ether oxygens (including phenoxy) is 2. The second kappa shape index (κ2) is 9.99. The number of β-lactam (4-membered cyclic amide) rings is 1. The minimum atomic E-state index is -0.999. The average Bonchev–Trinajstić information content (AvgIpc) is 3.19. The van der Waals surface area contributed by atoms with Crippen molar-refractivity contribution in [2.75, 3.05) is 18.6 Å². The number of thiazole rings is 1. The summed E-state index contributed by atoms with van der Waals surface area (Å²) in [7, 11) is 1.28. The first-order chi connectivity index (χ1) is 15.2. The number of nitrogen functional groups attached to an aromatic ring is 1. The van der Waals surface area contributed by atoms with Gasteiger partial charge < -0.3 is 30.3 Å². The summed E-state index contributed by atoms with van der Waals surface area (Å²) in [6.07, 6.45) is 0.683. The molecule has 1 aromatic rings. The lowest BCUT2D eigenvalue weighted by Gasteiger charge is -2.47. The third-order valence-corrected chi connectivity index (χ3v) is 6.36. The van der Waals surface area contributed by atoms with Crippen molar-refractivity contribution in [2.45, 2.75) is 38.0 Å². The van der Waals surface area contributed by atoms with Crippen molar-refractivity contribution in [3.63, 3.8) is 0 Å². The number of carbonyl (C=O) groups excluding carboxylic acids is 4. The predicted octanol–water partition coefficient (Wildman–Crippen LogP) is 0.202. The van der Waals surface area contributed by atoms with E-state index in [1.54, 1.807) is 12.3 Å². The molecule has 1 saturated heterocycles. The Bertz CT molecular complexity index is 992. The number of nitrogens with one attached hydrogen (secondary N) is 1. The average molecular weight is 484 g/mol. The van der Waals surface area contributed by atoms with Gasteiger partial charge in [-0.05, 0) is 0 Å². The number of hydrogen-bond acceptors (Lipinski definition) is 12. The van der Waals surface area contributed by atoms with Crippen LogP contribution >= 0.6 is 23.1 Å². The number of oxime groups is 1. The molecule has 2 aliphatic heterocycles. The quantitative estimate of drug-likeness (QED) is 0.172. The molecule has 2 aliphatic rings. The van der Waals surface area contributed by atoms with Gasteiger partial charge in [0.05, 0.1) is 5.57 Å². The van der Waals surface area contributed by atoms with E-state index in [-0.39, 0.29) is 27.9 Å². The Morgan fingerprint density at radius 1 is 1.41 bits per heavy atom. The van der Waals surface area contributed by atoms with Crippen molar-refractivity contribution in [3.8, 4) is 0 Å². The lowest BCUT2D eigenvalue weighted by molar-refractivity contribution is -0.183. The molecule has 3 rings (SSSR count). The van der Waals surface area contributed by atoms with E-state index in [2.05, 4.69) is 15.5 Å². The SMILES string of the molecule is CCC(OC(C)=O)OC(=O)C1=CN2C(=O)C(NC(=O)C(=NOC)c3csc(N)n3)[C@H]2SC1. The van der Waals surface area contributed by atoms with E-state index in [4.69, 9.17) is 20.0 Å². The lowest BCUT2D eigenvalue weighted by Crippen LogP contribution is -2.69. The topological polar surface area (TPSA) is 163 Å². The minimum Gasteiger partial charge on any atom is -0.425 e. The molecule has 3 heterocycles. The number of nitrogens with zero attached hydrogens (tertiary/aromatic N) is 3. The summed E-state index contributed by atoms with van der Waals surface area (Å²) in [4.78, 5) is 58.8. The monoisotopic (exact) mass is 483 g/mol. The van der Waals surface area contributed by atoms with Crippen LogP contribution in [-0.4, -0.2) is 69.9 Å². The molecule has 0 saturated carbocycles. The summed E-state index contributed by atoms with van der Waals surface area (Å²) in [5.74, 6) is -2.04. The van der Waals surface area contributed by atoms with Crippen molar-refractivity contribution in [3.05, 3.63) is 22.8 Å². The minimum absolute atomic E-state index is 0.108. The normalized spacial score (nSPS) is 21.0. The summed E-state index contributed by atoms with van der Waals surface area (Å²) < 4.78 is 10.1. The van der Waals surface area contributed by atoms with Crippen LogP contribution in [0.1, 0.15) is 26.0 Å². The highest BCUT2D eigenvalue weighted by molar-refractivity contribution is 8.00. The van der Waals surface area contributed by atoms with Crippen LogP contribution in [0.3, 0.4) is 0 Å². The van der Waals surface area contributed by atoms with Crippen molar-refractivity contribution in [1.29, 1.82) is 0 Å². The summed E-state index contributed by atoms with van der Waals surface area (Å²) in [5.41, 5.74) is 5.98. The van der Waals surface area contributed by atoms with Crippen molar-refractivity contribution >= 4 is 57.7 Å². The van der Waals surface area contributed by atoms with E-state index in [0.29, 0.717) is 6.42 Å². The third-order valence-electron chi connectivity index (χ3n) is 4.36. The molecule has 0 radical (unpaired) electrons. The van der Waals surface area contributed by atoms with Gasteiger partial charge in [-0.15, -0.1) is 23.1 Å². The smallest absolute Gasteiger partial charge is 0.339 e. The predicted molar refractivity (Wildman–Crippen MR) is 115 cm³/mol. The molecule has 3 N–H and O–H groups in total. The van der Waals surface area contributed by atoms with Crippen LogP contribution in [0.15, 0.2) is 22.3 Å². The highest BCUT2D eigenvalue weighted by Gasteiger charge is 2.50. The molecule has 14 heteroatoms. The first kappa shape index (κ1) is 23.5. The number of hydrogen-bond donors (Lipinski definition) is 2. The Kier molecular flexibility index (Phi) is 7.35. The van der Waals surface area contributed by atoms with Crippen LogP contribution in [0.4, 0.5) is 5.13 Å². The number of esters is 2.